The molecule has 10 atom stereocenters. The predicted octanol–water partition coefficient (Wildman–Crippen LogP) is -5.19. The van der Waals surface area contributed by atoms with Crippen molar-refractivity contribution >= 4 is 0 Å². The van der Waals surface area contributed by atoms with Crippen LogP contribution < -0.4 is 0 Å². The fraction of sp³-hybridized carbons (Fsp3) is 1.00. The summed E-state index contributed by atoms with van der Waals surface area (Å²) in [6.45, 7) is -1.34. The Labute approximate surface area is 130 Å². The molecule has 8 N–H and O–H groups in total. The summed E-state index contributed by atoms with van der Waals surface area (Å²) in [4.78, 5) is 0. The largest absolute Gasteiger partial charge is 0.396 e. The molecule has 0 amide bonds. The van der Waals surface area contributed by atoms with Crippen molar-refractivity contribution in [3.63, 3.8) is 0 Å². The monoisotopic (exact) mass is 342 g/mol. The van der Waals surface area contributed by atoms with E-state index < -0.39 is 74.6 Å². The van der Waals surface area contributed by atoms with Gasteiger partial charge in [0.15, 0.2) is 18.9 Å². The van der Waals surface area contributed by atoms with Crippen molar-refractivity contribution < 1.29 is 55.1 Å². The van der Waals surface area contributed by atoms with E-state index in [1.807, 2.05) is 0 Å². The van der Waals surface area contributed by atoms with Crippen LogP contribution in [0.15, 0.2) is 0 Å². The Hall–Kier alpha value is -0.440. The van der Waals surface area contributed by atoms with E-state index in [1.54, 1.807) is 0 Å². The third-order valence-corrected chi connectivity index (χ3v) is 4.05. The minimum atomic E-state index is -1.80. The van der Waals surface area contributed by atoms with Crippen LogP contribution in [0.1, 0.15) is 0 Å². The van der Waals surface area contributed by atoms with E-state index in [0.29, 0.717) is 0 Å². The SMILES string of the molecule is OCC1OC(O)C(O)C(O)C1OC1OC(O)C(O)C(O)C1CO. The van der Waals surface area contributed by atoms with Gasteiger partial charge in [-0.3, -0.25) is 0 Å². The highest BCUT2D eigenvalue weighted by Gasteiger charge is 2.50. The summed E-state index contributed by atoms with van der Waals surface area (Å²) in [5.41, 5.74) is 0. The number of ether oxygens (including phenoxy) is 3. The lowest BCUT2D eigenvalue weighted by atomic mass is 9.93. The first-order chi connectivity index (χ1) is 10.8. The van der Waals surface area contributed by atoms with E-state index in [1.165, 1.54) is 0 Å². The van der Waals surface area contributed by atoms with Crippen LogP contribution in [0.5, 0.6) is 0 Å². The van der Waals surface area contributed by atoms with E-state index in [2.05, 4.69) is 0 Å². The van der Waals surface area contributed by atoms with Crippen LogP contribution in [-0.2, 0) is 14.2 Å². The average Bonchev–Trinajstić information content (AvgIpc) is 2.53. The Morgan fingerprint density at radius 1 is 0.696 bits per heavy atom. The Morgan fingerprint density at radius 3 is 1.83 bits per heavy atom. The number of hydrogen-bond donors (Lipinski definition) is 8. The van der Waals surface area contributed by atoms with E-state index in [0.717, 1.165) is 0 Å². The molecule has 0 aliphatic carbocycles. The van der Waals surface area contributed by atoms with Crippen LogP contribution >= 0.6 is 0 Å². The van der Waals surface area contributed by atoms with Gasteiger partial charge in [0.05, 0.1) is 25.2 Å². The standard InChI is InChI=1S/C12H22O11/c13-1-3-5(15)7(17)11(20)23-12(3)22-9-4(2-14)21-10(19)8(18)6(9)16/h3-20H,1-2H2. The lowest BCUT2D eigenvalue weighted by Crippen LogP contribution is -2.63. The third kappa shape index (κ3) is 3.65. The molecule has 2 aliphatic rings. The Kier molecular flexibility index (Phi) is 6.27. The molecule has 11 nitrogen and oxygen atoms in total. The van der Waals surface area contributed by atoms with Gasteiger partial charge >= 0.3 is 0 Å². The van der Waals surface area contributed by atoms with Gasteiger partial charge in [-0.05, 0) is 0 Å². The van der Waals surface area contributed by atoms with Crippen LogP contribution in [0.4, 0.5) is 0 Å². The van der Waals surface area contributed by atoms with Gasteiger partial charge < -0.3 is 55.1 Å². The van der Waals surface area contributed by atoms with Gasteiger partial charge in [0.1, 0.15) is 30.5 Å². The molecule has 0 radical (unpaired) electrons. The highest BCUT2D eigenvalue weighted by molar-refractivity contribution is 4.92. The zero-order valence-electron chi connectivity index (χ0n) is 12.0. The van der Waals surface area contributed by atoms with Crippen molar-refractivity contribution in [1.82, 2.24) is 0 Å². The summed E-state index contributed by atoms with van der Waals surface area (Å²) in [6, 6.07) is 0. The predicted molar refractivity (Wildman–Crippen MR) is 68.3 cm³/mol. The molecule has 2 rings (SSSR count). The molecule has 2 fully saturated rings. The number of aliphatic hydroxyl groups excluding tert-OH is 8. The summed E-state index contributed by atoms with van der Waals surface area (Å²) >= 11 is 0. The average molecular weight is 342 g/mol. The molecule has 23 heavy (non-hydrogen) atoms. The molecule has 0 aromatic heterocycles. The van der Waals surface area contributed by atoms with Crippen molar-refractivity contribution in [2.75, 3.05) is 13.2 Å². The Bertz CT molecular complexity index is 380. The van der Waals surface area contributed by atoms with Gasteiger partial charge in [-0.15, -0.1) is 0 Å². The maximum Gasteiger partial charge on any atom is 0.186 e. The summed E-state index contributed by atoms with van der Waals surface area (Å²) in [5, 5.41) is 76.4. The molecular weight excluding hydrogens is 320 g/mol. The lowest BCUT2D eigenvalue weighted by Gasteiger charge is -2.45. The zero-order chi connectivity index (χ0) is 17.3. The molecule has 2 heterocycles. The van der Waals surface area contributed by atoms with Crippen molar-refractivity contribution in [2.24, 2.45) is 5.92 Å². The molecule has 136 valence electrons. The Balaban J connectivity index is 2.14. The Morgan fingerprint density at radius 2 is 1.26 bits per heavy atom. The molecule has 0 saturated carbocycles. The summed E-state index contributed by atoms with van der Waals surface area (Å²) in [6.07, 6.45) is -14.2. The van der Waals surface area contributed by atoms with Gasteiger partial charge in [-0.2, -0.15) is 0 Å². The first-order valence-electron chi connectivity index (χ1n) is 7.08. The smallest absolute Gasteiger partial charge is 0.186 e. The highest BCUT2D eigenvalue weighted by atomic mass is 16.8. The first-order valence-corrected chi connectivity index (χ1v) is 7.08. The fourth-order valence-corrected chi connectivity index (χ4v) is 2.62. The molecule has 0 aromatic carbocycles. The van der Waals surface area contributed by atoms with Gasteiger partial charge in [0.25, 0.3) is 0 Å². The van der Waals surface area contributed by atoms with Crippen molar-refractivity contribution in [2.45, 2.75) is 55.5 Å². The fourth-order valence-electron chi connectivity index (χ4n) is 2.62. The van der Waals surface area contributed by atoms with E-state index in [-0.39, 0.29) is 0 Å². The first kappa shape index (κ1) is 18.9. The van der Waals surface area contributed by atoms with Crippen LogP contribution in [0.2, 0.25) is 0 Å². The van der Waals surface area contributed by atoms with Crippen molar-refractivity contribution in [3.8, 4) is 0 Å². The third-order valence-electron chi connectivity index (χ3n) is 4.05. The molecular formula is C12H22O11. The maximum absolute atomic E-state index is 9.96. The van der Waals surface area contributed by atoms with E-state index >= 15 is 0 Å². The number of hydrogen-bond acceptors (Lipinski definition) is 11. The van der Waals surface area contributed by atoms with Crippen LogP contribution in [0, 0.1) is 5.92 Å². The molecule has 2 aliphatic heterocycles. The summed E-state index contributed by atoms with van der Waals surface area (Å²) in [7, 11) is 0. The van der Waals surface area contributed by atoms with Crippen molar-refractivity contribution in [1.29, 1.82) is 0 Å². The van der Waals surface area contributed by atoms with Crippen LogP contribution in [0.3, 0.4) is 0 Å². The summed E-state index contributed by atoms with van der Waals surface area (Å²) in [5.74, 6) is -1.16. The summed E-state index contributed by atoms with van der Waals surface area (Å²) < 4.78 is 15.2. The minimum Gasteiger partial charge on any atom is -0.396 e. The molecule has 11 heteroatoms. The highest BCUT2D eigenvalue weighted by Crippen LogP contribution is 2.30. The topological polar surface area (TPSA) is 190 Å². The molecule has 10 unspecified atom stereocenters. The molecule has 0 bridgehead atoms. The quantitative estimate of drug-likeness (QED) is 0.244. The van der Waals surface area contributed by atoms with Gasteiger partial charge in [-0.1, -0.05) is 0 Å². The molecule has 2 saturated heterocycles. The van der Waals surface area contributed by atoms with Crippen molar-refractivity contribution in [3.05, 3.63) is 0 Å². The second kappa shape index (κ2) is 7.63. The lowest BCUT2D eigenvalue weighted by molar-refractivity contribution is -0.370. The molecule has 0 spiro atoms. The second-order valence-electron chi connectivity index (χ2n) is 5.55. The van der Waals surface area contributed by atoms with Crippen LogP contribution in [0.25, 0.3) is 0 Å². The second-order valence-corrected chi connectivity index (χ2v) is 5.55. The maximum atomic E-state index is 9.96. The number of aliphatic hydroxyl groups is 8. The number of rotatable bonds is 4. The van der Waals surface area contributed by atoms with Gasteiger partial charge in [-0.25, -0.2) is 0 Å². The van der Waals surface area contributed by atoms with Gasteiger partial charge in [0, 0.05) is 0 Å². The van der Waals surface area contributed by atoms with Crippen LogP contribution in [-0.4, -0.2) is 110 Å². The normalized spacial score (nSPS) is 51.7. The minimum absolute atomic E-state index is 0.671. The zero-order valence-corrected chi connectivity index (χ0v) is 12.0. The van der Waals surface area contributed by atoms with E-state index in [4.69, 9.17) is 14.2 Å². The molecule has 0 aromatic rings. The van der Waals surface area contributed by atoms with E-state index in [9.17, 15) is 40.9 Å². The van der Waals surface area contributed by atoms with Gasteiger partial charge in [0.2, 0.25) is 0 Å².